The molecule has 0 fully saturated rings. The Morgan fingerprint density at radius 1 is 1.18 bits per heavy atom. The number of pyridine rings is 1. The van der Waals surface area contributed by atoms with E-state index in [0.717, 1.165) is 5.56 Å². The van der Waals surface area contributed by atoms with Crippen LogP contribution < -0.4 is 15.2 Å². The number of carbonyl (C=O) groups excluding carboxylic acids is 1. The van der Waals surface area contributed by atoms with Crippen molar-refractivity contribution in [2.45, 2.75) is 18.9 Å². The van der Waals surface area contributed by atoms with Crippen molar-refractivity contribution in [3.63, 3.8) is 0 Å². The second-order valence-corrected chi connectivity index (χ2v) is 8.70. The SMILES string of the molecule is Cc1cc2c(c(=O)n1C)C1(C(=O)N(Cc3ccc(Cl)cc3)c3ccccc31)C(C#N)C(=N)O2. The Bertz CT molecular complexity index is 1440. The number of anilines is 1. The molecule has 8 heteroatoms. The number of aryl methyl sites for hydroxylation is 1. The molecule has 33 heavy (non-hydrogen) atoms. The summed E-state index contributed by atoms with van der Waals surface area (Å²) in [6, 6.07) is 18.0. The van der Waals surface area contributed by atoms with E-state index in [0.29, 0.717) is 22.0 Å². The lowest BCUT2D eigenvalue weighted by Crippen LogP contribution is -2.55. The number of hydrogen-bond donors (Lipinski definition) is 1. The van der Waals surface area contributed by atoms with Crippen LogP contribution in [0.25, 0.3) is 0 Å². The molecule has 1 spiro atoms. The first kappa shape index (κ1) is 21.0. The fourth-order valence-corrected chi connectivity index (χ4v) is 4.97. The lowest BCUT2D eigenvalue weighted by atomic mass is 9.65. The molecule has 2 unspecified atom stereocenters. The molecule has 3 heterocycles. The quantitative estimate of drug-likeness (QED) is 0.633. The molecule has 2 aliphatic rings. The van der Waals surface area contributed by atoms with Gasteiger partial charge in [-0.15, -0.1) is 0 Å². The summed E-state index contributed by atoms with van der Waals surface area (Å²) in [6.07, 6.45) is 0. The standard InChI is InChI=1S/C25H19ClN4O3/c1-14-11-20-21(23(31)29(14)2)25(18(12-27)22(28)33-20)17-5-3-4-6-19(17)30(24(25)32)13-15-7-9-16(26)10-8-15/h3-11,18,28H,13H2,1-2H3. The molecule has 0 bridgehead atoms. The fourth-order valence-electron chi connectivity index (χ4n) is 4.84. The zero-order chi connectivity index (χ0) is 23.5. The fraction of sp³-hybridized carbons (Fsp3) is 0.200. The van der Waals surface area contributed by atoms with Gasteiger partial charge in [0.15, 0.2) is 0 Å². The summed E-state index contributed by atoms with van der Waals surface area (Å²) in [7, 11) is 1.61. The van der Waals surface area contributed by atoms with Gasteiger partial charge < -0.3 is 14.2 Å². The highest BCUT2D eigenvalue weighted by atomic mass is 35.5. The summed E-state index contributed by atoms with van der Waals surface area (Å²) in [5.74, 6) is -1.93. The van der Waals surface area contributed by atoms with Crippen LogP contribution in [0.4, 0.5) is 5.69 Å². The molecule has 7 nitrogen and oxygen atoms in total. The van der Waals surface area contributed by atoms with Crippen LogP contribution in [-0.2, 0) is 23.8 Å². The number of halogens is 1. The predicted octanol–water partition coefficient (Wildman–Crippen LogP) is 3.69. The summed E-state index contributed by atoms with van der Waals surface area (Å²) < 4.78 is 7.07. The van der Waals surface area contributed by atoms with E-state index in [1.54, 1.807) is 61.3 Å². The number of nitriles is 1. The number of benzene rings is 2. The zero-order valence-corrected chi connectivity index (χ0v) is 18.7. The number of amides is 1. The molecule has 0 saturated heterocycles. The van der Waals surface area contributed by atoms with E-state index in [2.05, 4.69) is 6.07 Å². The molecular formula is C25H19ClN4O3. The largest absolute Gasteiger partial charge is 0.441 e. The van der Waals surface area contributed by atoms with Gasteiger partial charge in [-0.1, -0.05) is 41.9 Å². The smallest absolute Gasteiger partial charge is 0.258 e. The van der Waals surface area contributed by atoms with Crippen LogP contribution in [0.1, 0.15) is 22.4 Å². The number of ether oxygens (including phenoxy) is 1. The van der Waals surface area contributed by atoms with E-state index in [1.807, 2.05) is 12.1 Å². The predicted molar refractivity (Wildman–Crippen MR) is 124 cm³/mol. The molecule has 0 saturated carbocycles. The van der Waals surface area contributed by atoms with Gasteiger partial charge in [-0.3, -0.25) is 15.0 Å². The van der Waals surface area contributed by atoms with Gasteiger partial charge in [0.2, 0.25) is 11.8 Å². The highest BCUT2D eigenvalue weighted by Gasteiger charge is 2.63. The lowest BCUT2D eigenvalue weighted by molar-refractivity contribution is -0.122. The molecule has 1 aromatic heterocycles. The third-order valence-electron chi connectivity index (χ3n) is 6.53. The van der Waals surface area contributed by atoms with E-state index in [9.17, 15) is 14.9 Å². The van der Waals surface area contributed by atoms with Crippen molar-refractivity contribution in [2.75, 3.05) is 4.90 Å². The normalized spacial score (nSPS) is 20.9. The number of aromatic nitrogens is 1. The average Bonchev–Trinajstić information content (AvgIpc) is 3.03. The Hall–Kier alpha value is -3.89. The van der Waals surface area contributed by atoms with E-state index >= 15 is 0 Å². The third kappa shape index (κ3) is 2.77. The first-order chi connectivity index (χ1) is 15.8. The summed E-state index contributed by atoms with van der Waals surface area (Å²) in [5, 5.41) is 19.2. The number of fused-ring (bicyclic) bond motifs is 4. The number of carbonyl (C=O) groups is 1. The Morgan fingerprint density at radius 3 is 2.58 bits per heavy atom. The minimum Gasteiger partial charge on any atom is -0.441 e. The molecule has 1 amide bonds. The number of nitrogens with one attached hydrogen (secondary N) is 1. The van der Waals surface area contributed by atoms with E-state index < -0.39 is 22.8 Å². The lowest BCUT2D eigenvalue weighted by Gasteiger charge is -2.37. The van der Waals surface area contributed by atoms with Gasteiger partial charge in [-0.05, 0) is 36.2 Å². The van der Waals surface area contributed by atoms with Crippen molar-refractivity contribution >= 4 is 29.1 Å². The molecule has 164 valence electrons. The van der Waals surface area contributed by atoms with Crippen molar-refractivity contribution in [2.24, 2.45) is 13.0 Å². The van der Waals surface area contributed by atoms with Crippen LogP contribution >= 0.6 is 11.6 Å². The van der Waals surface area contributed by atoms with Gasteiger partial charge in [0, 0.05) is 29.5 Å². The summed E-state index contributed by atoms with van der Waals surface area (Å²) in [6.45, 7) is 1.97. The Balaban J connectivity index is 1.82. The highest BCUT2D eigenvalue weighted by Crippen LogP contribution is 2.54. The number of nitrogens with zero attached hydrogens (tertiary/aromatic N) is 3. The van der Waals surface area contributed by atoms with E-state index in [1.165, 1.54) is 4.57 Å². The monoisotopic (exact) mass is 458 g/mol. The molecular weight excluding hydrogens is 440 g/mol. The average molecular weight is 459 g/mol. The number of rotatable bonds is 2. The van der Waals surface area contributed by atoms with Crippen LogP contribution in [0, 0.1) is 29.6 Å². The van der Waals surface area contributed by atoms with Crippen LogP contribution in [-0.4, -0.2) is 16.4 Å². The van der Waals surface area contributed by atoms with Gasteiger partial charge in [-0.2, -0.15) is 5.26 Å². The van der Waals surface area contributed by atoms with Crippen LogP contribution in [0.5, 0.6) is 5.75 Å². The minimum atomic E-state index is -1.68. The highest BCUT2D eigenvalue weighted by molar-refractivity contribution is 6.30. The Kier molecular flexibility index (Phi) is 4.66. The topological polar surface area (TPSA) is 99.2 Å². The molecule has 0 aliphatic carbocycles. The third-order valence-corrected chi connectivity index (χ3v) is 6.78. The Labute approximate surface area is 194 Å². The van der Waals surface area contributed by atoms with Gasteiger partial charge in [0.25, 0.3) is 5.56 Å². The maximum Gasteiger partial charge on any atom is 0.258 e. The van der Waals surface area contributed by atoms with Crippen LogP contribution in [0.15, 0.2) is 59.4 Å². The van der Waals surface area contributed by atoms with Crippen LogP contribution in [0.2, 0.25) is 5.02 Å². The zero-order valence-electron chi connectivity index (χ0n) is 17.9. The van der Waals surface area contributed by atoms with Crippen molar-refractivity contribution < 1.29 is 9.53 Å². The second kappa shape index (κ2) is 7.32. The maximum atomic E-state index is 14.3. The molecule has 5 rings (SSSR count). The van der Waals surface area contributed by atoms with E-state index in [-0.39, 0.29) is 23.8 Å². The summed E-state index contributed by atoms with van der Waals surface area (Å²) in [5.41, 5.74) is 0.571. The van der Waals surface area contributed by atoms with Gasteiger partial charge in [-0.25, -0.2) is 0 Å². The molecule has 2 atom stereocenters. The molecule has 0 radical (unpaired) electrons. The van der Waals surface area contributed by atoms with E-state index in [4.69, 9.17) is 21.7 Å². The minimum absolute atomic E-state index is 0.0919. The van der Waals surface area contributed by atoms with Crippen LogP contribution in [0.3, 0.4) is 0 Å². The molecule has 1 N–H and O–H groups in total. The maximum absolute atomic E-state index is 14.3. The van der Waals surface area contributed by atoms with Crippen molar-refractivity contribution in [1.82, 2.24) is 4.57 Å². The summed E-state index contributed by atoms with van der Waals surface area (Å²) >= 11 is 6.02. The van der Waals surface area contributed by atoms with Crippen molar-refractivity contribution in [3.8, 4) is 11.8 Å². The molecule has 2 aromatic carbocycles. The van der Waals surface area contributed by atoms with Crippen molar-refractivity contribution in [3.05, 3.63) is 92.4 Å². The number of hydrogen-bond acceptors (Lipinski definition) is 5. The summed E-state index contributed by atoms with van der Waals surface area (Å²) in [4.78, 5) is 29.4. The van der Waals surface area contributed by atoms with Gasteiger partial charge in [0.1, 0.15) is 17.1 Å². The molecule has 3 aromatic rings. The van der Waals surface area contributed by atoms with Gasteiger partial charge >= 0.3 is 0 Å². The van der Waals surface area contributed by atoms with Gasteiger partial charge in [0.05, 0.1) is 18.2 Å². The molecule has 2 aliphatic heterocycles. The van der Waals surface area contributed by atoms with Crippen molar-refractivity contribution in [1.29, 1.82) is 10.7 Å². The first-order valence-corrected chi connectivity index (χ1v) is 10.7. The Morgan fingerprint density at radius 2 is 1.88 bits per heavy atom. The second-order valence-electron chi connectivity index (χ2n) is 8.26. The first-order valence-electron chi connectivity index (χ1n) is 10.3. The number of para-hydroxylation sites is 1.